The summed E-state index contributed by atoms with van der Waals surface area (Å²) in [4.78, 5) is 46.5. The summed E-state index contributed by atoms with van der Waals surface area (Å²) in [5.41, 5.74) is 0.390. The van der Waals surface area contributed by atoms with E-state index in [4.69, 9.17) is 0 Å². The van der Waals surface area contributed by atoms with E-state index in [0.717, 1.165) is 0 Å². The average molecular weight is 403 g/mol. The van der Waals surface area contributed by atoms with Crippen LogP contribution in [0, 0.1) is 6.92 Å². The molecular weight excluding hydrogens is 386 g/mol. The third-order valence-electron chi connectivity index (χ3n) is 4.59. The molecule has 27 heavy (non-hydrogen) atoms. The molecule has 1 fully saturated rings. The molecule has 3 aromatic rings. The quantitative estimate of drug-likeness (QED) is 0.656. The number of carbonyl (C=O) groups excluding carboxylic acids is 2. The molecule has 1 aliphatic heterocycles. The number of rotatable bonds is 3. The van der Waals surface area contributed by atoms with E-state index in [1.165, 1.54) is 33.8 Å². The van der Waals surface area contributed by atoms with Crippen LogP contribution >= 0.6 is 22.9 Å². The molecule has 0 saturated carbocycles. The van der Waals surface area contributed by atoms with Gasteiger partial charge in [0, 0.05) is 26.2 Å². The maximum Gasteiger partial charge on any atom is 0.264 e. The summed E-state index contributed by atoms with van der Waals surface area (Å²) in [5.74, 6) is -0.147. The minimum Gasteiger partial charge on any atom is -0.338 e. The summed E-state index contributed by atoms with van der Waals surface area (Å²) in [6.07, 6.45) is 1.40. The Morgan fingerprint density at radius 2 is 1.93 bits per heavy atom. The van der Waals surface area contributed by atoms with Crippen molar-refractivity contribution in [1.82, 2.24) is 23.7 Å². The zero-order chi connectivity index (χ0) is 19.0. The van der Waals surface area contributed by atoms with Gasteiger partial charge in [-0.25, -0.2) is 4.98 Å². The third-order valence-corrected chi connectivity index (χ3v) is 6.30. The van der Waals surface area contributed by atoms with Crippen molar-refractivity contribution in [3.8, 4) is 0 Å². The van der Waals surface area contributed by atoms with Crippen LogP contribution in [0.25, 0.3) is 10.2 Å². The molecule has 0 aliphatic carbocycles. The molecule has 2 amide bonds. The smallest absolute Gasteiger partial charge is 0.264 e. The molecule has 0 atom stereocenters. The summed E-state index contributed by atoms with van der Waals surface area (Å²) in [5, 5.41) is 2.35. The summed E-state index contributed by atoms with van der Waals surface area (Å²) in [6.45, 7) is 3.59. The van der Waals surface area contributed by atoms with Crippen LogP contribution in [0.3, 0.4) is 0 Å². The van der Waals surface area contributed by atoms with Gasteiger partial charge in [-0.3, -0.25) is 19.0 Å². The highest BCUT2D eigenvalue weighted by Crippen LogP contribution is 2.16. The van der Waals surface area contributed by atoms with E-state index in [1.807, 2.05) is 11.4 Å². The van der Waals surface area contributed by atoms with E-state index in [2.05, 4.69) is 9.36 Å². The van der Waals surface area contributed by atoms with E-state index in [0.29, 0.717) is 47.0 Å². The number of thiophene rings is 1. The van der Waals surface area contributed by atoms with Crippen LogP contribution in [0.5, 0.6) is 0 Å². The molecule has 4 rings (SSSR count). The van der Waals surface area contributed by atoms with Gasteiger partial charge in [0.15, 0.2) is 4.83 Å². The largest absolute Gasteiger partial charge is 0.338 e. The summed E-state index contributed by atoms with van der Waals surface area (Å²) < 4.78 is 5.48. The summed E-state index contributed by atoms with van der Waals surface area (Å²) >= 11 is 2.60. The van der Waals surface area contributed by atoms with Gasteiger partial charge < -0.3 is 9.80 Å². The number of nitrogens with zero attached hydrogens (tertiary/aromatic N) is 5. The fourth-order valence-corrected chi connectivity index (χ4v) is 4.51. The maximum atomic E-state index is 12.6. The van der Waals surface area contributed by atoms with E-state index in [9.17, 15) is 14.4 Å². The van der Waals surface area contributed by atoms with Gasteiger partial charge in [0.1, 0.15) is 6.54 Å². The molecule has 140 valence electrons. The third kappa shape index (κ3) is 3.37. The Balaban J connectivity index is 1.41. The number of aromatic nitrogens is 3. The van der Waals surface area contributed by atoms with Crippen molar-refractivity contribution in [2.75, 3.05) is 26.2 Å². The lowest BCUT2D eigenvalue weighted by Gasteiger charge is -2.34. The van der Waals surface area contributed by atoms with Gasteiger partial charge >= 0.3 is 0 Å². The zero-order valence-corrected chi connectivity index (χ0v) is 16.3. The SMILES string of the molecule is Cc1nsc2ncn(CC(=O)N3CCN(C(=O)c4cccs4)CC3)c(=O)c12. The van der Waals surface area contributed by atoms with E-state index in [-0.39, 0.29) is 23.9 Å². The van der Waals surface area contributed by atoms with Gasteiger partial charge in [-0.15, -0.1) is 11.3 Å². The first-order valence-corrected chi connectivity index (χ1v) is 10.1. The second-order valence-electron chi connectivity index (χ2n) is 6.28. The minimum atomic E-state index is -0.244. The molecule has 0 unspecified atom stereocenters. The van der Waals surface area contributed by atoms with Crippen LogP contribution < -0.4 is 5.56 Å². The highest BCUT2D eigenvalue weighted by Gasteiger charge is 2.25. The lowest BCUT2D eigenvalue weighted by molar-refractivity contribution is -0.133. The first-order valence-electron chi connectivity index (χ1n) is 8.46. The molecule has 0 N–H and O–H groups in total. The number of carbonyl (C=O) groups is 2. The lowest BCUT2D eigenvalue weighted by Crippen LogP contribution is -2.51. The van der Waals surface area contributed by atoms with E-state index in [1.54, 1.807) is 22.8 Å². The molecule has 0 spiro atoms. The van der Waals surface area contributed by atoms with E-state index >= 15 is 0 Å². The molecule has 0 aromatic carbocycles. The highest BCUT2D eigenvalue weighted by atomic mass is 32.1. The Hall–Kier alpha value is -2.59. The number of hydrogen-bond acceptors (Lipinski definition) is 7. The predicted molar refractivity (Wildman–Crippen MR) is 103 cm³/mol. The monoisotopic (exact) mass is 403 g/mol. The Bertz CT molecular complexity index is 1050. The van der Waals surface area contributed by atoms with Crippen molar-refractivity contribution >= 4 is 44.9 Å². The van der Waals surface area contributed by atoms with Gasteiger partial charge in [0.05, 0.1) is 22.3 Å². The predicted octanol–water partition coefficient (Wildman–Crippen LogP) is 1.21. The fourth-order valence-electron chi connectivity index (χ4n) is 3.08. The Morgan fingerprint density at radius 3 is 2.63 bits per heavy atom. The number of aryl methyl sites for hydroxylation is 1. The molecule has 1 aliphatic rings. The van der Waals surface area contributed by atoms with Gasteiger partial charge in [-0.1, -0.05) is 6.07 Å². The van der Waals surface area contributed by atoms with Crippen molar-refractivity contribution in [3.05, 3.63) is 44.8 Å². The summed E-state index contributed by atoms with van der Waals surface area (Å²) in [6, 6.07) is 3.66. The van der Waals surface area contributed by atoms with E-state index < -0.39 is 0 Å². The fraction of sp³-hybridized carbons (Fsp3) is 0.353. The van der Waals surface area contributed by atoms with Crippen LogP contribution in [-0.2, 0) is 11.3 Å². The van der Waals surface area contributed by atoms with Gasteiger partial charge in [0.25, 0.3) is 11.5 Å². The highest BCUT2D eigenvalue weighted by molar-refractivity contribution is 7.13. The van der Waals surface area contributed by atoms with Gasteiger partial charge in [-0.2, -0.15) is 4.37 Å². The standard InChI is InChI=1S/C17H17N5O3S2/c1-11-14-15(27-19-11)18-10-22(17(14)25)9-13(23)20-4-6-21(7-5-20)16(24)12-3-2-8-26-12/h2-3,8,10H,4-7,9H2,1H3. The average Bonchev–Trinajstić information content (AvgIpc) is 3.34. The number of fused-ring (bicyclic) bond motifs is 1. The van der Waals surface area contributed by atoms with Crippen LogP contribution in [-0.4, -0.2) is 61.7 Å². The molecule has 0 radical (unpaired) electrons. The maximum absolute atomic E-state index is 12.6. The number of amides is 2. The van der Waals surface area contributed by atoms with Crippen LogP contribution in [0.2, 0.25) is 0 Å². The minimum absolute atomic E-state index is 0.00315. The zero-order valence-electron chi connectivity index (χ0n) is 14.6. The molecule has 8 nitrogen and oxygen atoms in total. The van der Waals surface area contributed by atoms with Gasteiger partial charge in [0.2, 0.25) is 5.91 Å². The second-order valence-corrected chi connectivity index (χ2v) is 7.98. The lowest BCUT2D eigenvalue weighted by atomic mass is 10.3. The Morgan fingerprint density at radius 1 is 1.19 bits per heavy atom. The topological polar surface area (TPSA) is 88.4 Å². The Kier molecular flexibility index (Phi) is 4.75. The van der Waals surface area contributed by atoms with Crippen molar-refractivity contribution in [3.63, 3.8) is 0 Å². The summed E-state index contributed by atoms with van der Waals surface area (Å²) in [7, 11) is 0. The first-order chi connectivity index (χ1) is 13.0. The molecule has 1 saturated heterocycles. The second kappa shape index (κ2) is 7.20. The molecular formula is C17H17N5O3S2. The molecule has 4 heterocycles. The van der Waals surface area contributed by atoms with Gasteiger partial charge in [-0.05, 0) is 29.9 Å². The molecule has 3 aromatic heterocycles. The molecule has 10 heteroatoms. The normalized spacial score (nSPS) is 14.7. The van der Waals surface area contributed by atoms with Crippen molar-refractivity contribution < 1.29 is 9.59 Å². The molecule has 0 bridgehead atoms. The van der Waals surface area contributed by atoms with Crippen LogP contribution in [0.15, 0.2) is 28.6 Å². The Labute approximate surface area is 162 Å². The number of hydrogen-bond donors (Lipinski definition) is 0. The van der Waals surface area contributed by atoms with Crippen LogP contribution in [0.1, 0.15) is 15.4 Å². The van der Waals surface area contributed by atoms with Crippen molar-refractivity contribution in [2.24, 2.45) is 0 Å². The first kappa shape index (κ1) is 17.8. The van der Waals surface area contributed by atoms with Crippen molar-refractivity contribution in [1.29, 1.82) is 0 Å². The number of piperazine rings is 1. The van der Waals surface area contributed by atoms with Crippen LogP contribution in [0.4, 0.5) is 0 Å². The van der Waals surface area contributed by atoms with Crippen molar-refractivity contribution in [2.45, 2.75) is 13.5 Å².